The Labute approximate surface area is 252 Å². The second-order valence-corrected chi connectivity index (χ2v) is 10.9. The van der Waals surface area contributed by atoms with Crippen LogP contribution in [0.5, 0.6) is 0 Å². The Kier molecular flexibility index (Phi) is 6.81. The van der Waals surface area contributed by atoms with Gasteiger partial charge in [0, 0.05) is 11.4 Å². The first-order valence-electron chi connectivity index (χ1n) is 14.7. The molecule has 0 spiro atoms. The van der Waals surface area contributed by atoms with Crippen molar-refractivity contribution in [2.45, 2.75) is 13.8 Å². The number of nitrogens with zero attached hydrogens (tertiary/aromatic N) is 2. The normalized spacial score (nSPS) is 11.5. The summed E-state index contributed by atoms with van der Waals surface area (Å²) in [7, 11) is 0. The highest BCUT2D eigenvalue weighted by molar-refractivity contribution is 6.21. The first-order valence-corrected chi connectivity index (χ1v) is 14.7. The Morgan fingerprint density at radius 2 is 0.977 bits per heavy atom. The van der Waals surface area contributed by atoms with E-state index < -0.39 is 0 Å². The summed E-state index contributed by atoms with van der Waals surface area (Å²) in [5, 5.41) is 5.02. The minimum atomic E-state index is 0.964. The van der Waals surface area contributed by atoms with Crippen molar-refractivity contribution in [3.05, 3.63) is 163 Å². The van der Waals surface area contributed by atoms with Gasteiger partial charge in [-0.15, -0.1) is 0 Å². The van der Waals surface area contributed by atoms with E-state index in [1.165, 1.54) is 54.9 Å². The SMILES string of the molecule is C=C/C=C\c1nc(C)n(-c2ccc(-c3c4ccccc4c(-c4ccc(-c5ccccc5)cc4)c4ccccc34)cc2)c1C. The third kappa shape index (κ3) is 4.67. The summed E-state index contributed by atoms with van der Waals surface area (Å²) >= 11 is 0. The average molecular weight is 553 g/mol. The highest BCUT2D eigenvalue weighted by atomic mass is 15.1. The van der Waals surface area contributed by atoms with Gasteiger partial charge in [0.25, 0.3) is 0 Å². The summed E-state index contributed by atoms with van der Waals surface area (Å²) in [5.41, 5.74) is 10.6. The molecule has 0 aliphatic carbocycles. The lowest BCUT2D eigenvalue weighted by Crippen LogP contribution is -1.99. The van der Waals surface area contributed by atoms with E-state index in [2.05, 4.69) is 152 Å². The van der Waals surface area contributed by atoms with Gasteiger partial charge in [-0.1, -0.05) is 134 Å². The van der Waals surface area contributed by atoms with Crippen molar-refractivity contribution in [3.8, 4) is 39.1 Å². The van der Waals surface area contributed by atoms with Crippen LogP contribution in [-0.4, -0.2) is 9.55 Å². The van der Waals surface area contributed by atoms with Crippen molar-refractivity contribution in [2.24, 2.45) is 0 Å². The minimum Gasteiger partial charge on any atom is -0.301 e. The molecule has 1 heterocycles. The van der Waals surface area contributed by atoms with Crippen LogP contribution in [0.15, 0.2) is 146 Å². The fourth-order valence-corrected chi connectivity index (χ4v) is 6.35. The molecule has 0 saturated heterocycles. The van der Waals surface area contributed by atoms with Crippen LogP contribution in [-0.2, 0) is 0 Å². The lowest BCUT2D eigenvalue weighted by Gasteiger charge is -2.18. The predicted octanol–water partition coefficient (Wildman–Crippen LogP) is 11.0. The van der Waals surface area contributed by atoms with Crippen molar-refractivity contribution >= 4 is 27.6 Å². The molecule has 2 nitrogen and oxygen atoms in total. The van der Waals surface area contributed by atoms with E-state index in [4.69, 9.17) is 4.98 Å². The van der Waals surface area contributed by atoms with E-state index in [0.717, 1.165) is 22.9 Å². The van der Waals surface area contributed by atoms with E-state index >= 15 is 0 Å². The molecule has 0 saturated carbocycles. The highest BCUT2D eigenvalue weighted by Crippen LogP contribution is 2.44. The second kappa shape index (κ2) is 11.1. The minimum absolute atomic E-state index is 0.964. The average Bonchev–Trinajstić information content (AvgIpc) is 3.35. The summed E-state index contributed by atoms with van der Waals surface area (Å²) < 4.78 is 2.21. The van der Waals surface area contributed by atoms with Gasteiger partial charge < -0.3 is 4.57 Å². The number of aromatic nitrogens is 2. The molecule has 0 N–H and O–H groups in total. The molecule has 206 valence electrons. The van der Waals surface area contributed by atoms with Crippen molar-refractivity contribution in [1.82, 2.24) is 9.55 Å². The molecule has 0 atom stereocenters. The summed E-state index contributed by atoms with van der Waals surface area (Å²) in [5.74, 6) is 0.965. The van der Waals surface area contributed by atoms with Gasteiger partial charge in [-0.2, -0.15) is 0 Å². The maximum absolute atomic E-state index is 4.78. The second-order valence-electron chi connectivity index (χ2n) is 10.9. The molecule has 6 aromatic carbocycles. The van der Waals surface area contributed by atoms with Crippen LogP contribution in [0.25, 0.3) is 66.7 Å². The monoisotopic (exact) mass is 552 g/mol. The van der Waals surface area contributed by atoms with Gasteiger partial charge in [0.05, 0.1) is 5.69 Å². The third-order valence-corrected chi connectivity index (χ3v) is 8.33. The van der Waals surface area contributed by atoms with Crippen LogP contribution in [0.1, 0.15) is 17.2 Å². The van der Waals surface area contributed by atoms with Crippen LogP contribution < -0.4 is 0 Å². The van der Waals surface area contributed by atoms with Crippen LogP contribution in [0.3, 0.4) is 0 Å². The lowest BCUT2D eigenvalue weighted by molar-refractivity contribution is 0.941. The molecule has 0 unspecified atom stereocenters. The number of aryl methyl sites for hydroxylation is 1. The molecule has 0 bridgehead atoms. The molecule has 0 aliphatic rings. The highest BCUT2D eigenvalue weighted by Gasteiger charge is 2.17. The van der Waals surface area contributed by atoms with E-state index in [9.17, 15) is 0 Å². The Hall–Kier alpha value is -5.47. The summed E-state index contributed by atoms with van der Waals surface area (Å²) in [6, 6.07) is 46.1. The smallest absolute Gasteiger partial charge is 0.111 e. The third-order valence-electron chi connectivity index (χ3n) is 8.33. The standard InChI is InChI=1S/C41H32N2/c1-4-5-19-39-28(2)43(29(3)42-39)34-26-24-33(25-27-34)41-37-17-11-9-15-35(37)40(36-16-10-12-18-38(36)41)32-22-20-31(21-23-32)30-13-7-6-8-14-30/h4-27H,1H2,2-3H3/b19-5-. The quantitative estimate of drug-likeness (QED) is 0.148. The zero-order valence-electron chi connectivity index (χ0n) is 24.5. The number of fused-ring (bicyclic) bond motifs is 2. The Morgan fingerprint density at radius 1 is 0.535 bits per heavy atom. The van der Waals surface area contributed by atoms with Gasteiger partial charge in [0.2, 0.25) is 0 Å². The van der Waals surface area contributed by atoms with Gasteiger partial charge in [-0.3, -0.25) is 0 Å². The Balaban J connectivity index is 1.38. The van der Waals surface area contributed by atoms with Gasteiger partial charge >= 0.3 is 0 Å². The van der Waals surface area contributed by atoms with Crippen LogP contribution in [0, 0.1) is 13.8 Å². The number of benzene rings is 6. The zero-order chi connectivity index (χ0) is 29.3. The van der Waals surface area contributed by atoms with Crippen molar-refractivity contribution in [2.75, 3.05) is 0 Å². The topological polar surface area (TPSA) is 17.8 Å². The summed E-state index contributed by atoms with van der Waals surface area (Å²) in [6.07, 6.45) is 5.72. The molecular formula is C41H32N2. The number of rotatable bonds is 6. The summed E-state index contributed by atoms with van der Waals surface area (Å²) in [4.78, 5) is 4.78. The van der Waals surface area contributed by atoms with Crippen LogP contribution in [0.4, 0.5) is 0 Å². The van der Waals surface area contributed by atoms with E-state index in [1.807, 2.05) is 12.2 Å². The number of allylic oxidation sites excluding steroid dienone is 2. The van der Waals surface area contributed by atoms with Crippen LogP contribution in [0.2, 0.25) is 0 Å². The Morgan fingerprint density at radius 3 is 1.49 bits per heavy atom. The van der Waals surface area contributed by atoms with Crippen molar-refractivity contribution in [1.29, 1.82) is 0 Å². The molecule has 7 rings (SSSR count). The lowest BCUT2D eigenvalue weighted by atomic mass is 9.85. The molecule has 2 heteroatoms. The van der Waals surface area contributed by atoms with Crippen molar-refractivity contribution < 1.29 is 0 Å². The largest absolute Gasteiger partial charge is 0.301 e. The first-order chi connectivity index (χ1) is 21.1. The van der Waals surface area contributed by atoms with Crippen LogP contribution >= 0.6 is 0 Å². The molecule has 7 aromatic rings. The Bertz CT molecular complexity index is 2070. The zero-order valence-corrected chi connectivity index (χ0v) is 24.5. The fourth-order valence-electron chi connectivity index (χ4n) is 6.35. The number of hydrogen-bond donors (Lipinski definition) is 0. The van der Waals surface area contributed by atoms with Gasteiger partial charge in [0.1, 0.15) is 5.82 Å². The van der Waals surface area contributed by atoms with Gasteiger partial charge in [-0.05, 0) is 87.0 Å². The number of hydrogen-bond acceptors (Lipinski definition) is 1. The van der Waals surface area contributed by atoms with E-state index in [-0.39, 0.29) is 0 Å². The molecule has 43 heavy (non-hydrogen) atoms. The van der Waals surface area contributed by atoms with Crippen molar-refractivity contribution in [3.63, 3.8) is 0 Å². The maximum atomic E-state index is 4.78. The summed E-state index contributed by atoms with van der Waals surface area (Å²) in [6.45, 7) is 7.96. The maximum Gasteiger partial charge on any atom is 0.111 e. The molecular weight excluding hydrogens is 520 g/mol. The van der Waals surface area contributed by atoms with Gasteiger partial charge in [-0.25, -0.2) is 4.98 Å². The van der Waals surface area contributed by atoms with Gasteiger partial charge in [0.15, 0.2) is 0 Å². The fraction of sp³-hybridized carbons (Fsp3) is 0.0488. The van der Waals surface area contributed by atoms with E-state index in [1.54, 1.807) is 6.08 Å². The molecule has 0 aliphatic heterocycles. The first kappa shape index (κ1) is 26.4. The molecule has 0 radical (unpaired) electrons. The number of imidazole rings is 1. The predicted molar refractivity (Wildman–Crippen MR) is 184 cm³/mol. The molecule has 0 amide bonds. The van der Waals surface area contributed by atoms with E-state index in [0.29, 0.717) is 0 Å². The molecule has 1 aromatic heterocycles. The molecule has 0 fully saturated rings.